The molecule has 0 saturated heterocycles. The number of nitrogens with zero attached hydrogens (tertiary/aromatic N) is 4. The number of aromatic nitrogens is 8. The van der Waals surface area contributed by atoms with Gasteiger partial charge in [-0.15, -0.1) is 0 Å². The number of rotatable bonds is 6. The van der Waals surface area contributed by atoms with Gasteiger partial charge in [0.1, 0.15) is 21.5 Å². The molecule has 0 amide bonds. The molecule has 0 atom stereocenters. The van der Waals surface area contributed by atoms with Crippen LogP contribution in [0.2, 0.25) is 10.3 Å². The molecule has 23 heteroatoms. The Morgan fingerprint density at radius 3 is 1.41 bits per heavy atom. The Kier molecular flexibility index (Phi) is 25.3. The fraction of sp³-hybridized carbons (Fsp3) is 0.138. The van der Waals surface area contributed by atoms with Crippen molar-refractivity contribution >= 4 is 165 Å². The first-order valence-corrected chi connectivity index (χ1v) is 34.5. The fourth-order valence-corrected chi connectivity index (χ4v) is 11.7. The van der Waals surface area contributed by atoms with Crippen LogP contribution in [0, 0.1) is 3.57 Å². The van der Waals surface area contributed by atoms with Crippen LogP contribution >= 0.6 is 45.8 Å². The largest absolute Gasteiger partial charge is 0.638 e. The van der Waals surface area contributed by atoms with E-state index in [9.17, 15) is 24.4 Å². The first kappa shape index (κ1) is 75.3. The number of pyridine rings is 3. The molecule has 103 heavy (non-hydrogen) atoms. The minimum atomic E-state index is -1.74. The maximum Gasteiger partial charge on any atom is 0.638 e. The highest BCUT2D eigenvalue weighted by Crippen LogP contribution is 2.32. The number of halogens is 3. The van der Waals surface area contributed by atoms with Crippen molar-refractivity contribution in [2.75, 3.05) is 21.3 Å². The third kappa shape index (κ3) is 19.9. The number of ether oxygens (including phenoxy) is 2. The second-order valence-corrected chi connectivity index (χ2v) is 27.1. The lowest BCUT2D eigenvalue weighted by molar-refractivity contribution is 0.0534. The van der Waals surface area contributed by atoms with E-state index in [4.69, 9.17) is 32.7 Å². The lowest BCUT2D eigenvalue weighted by Crippen LogP contribution is -2.40. The lowest BCUT2D eigenvalue weighted by Gasteiger charge is -2.20. The van der Waals surface area contributed by atoms with Crippen molar-refractivity contribution in [1.82, 2.24) is 39.0 Å². The summed E-state index contributed by atoms with van der Waals surface area (Å²) in [7, 11) is 2.28. The summed E-state index contributed by atoms with van der Waals surface area (Å²) in [6.07, 6.45) is 2.72. The molecule has 0 radical (unpaired) electrons. The zero-order valence-electron chi connectivity index (χ0n) is 58.0. The number of carbonyl (C=O) groups is 2. The second-order valence-electron chi connectivity index (χ2n) is 25.2. The van der Waals surface area contributed by atoms with Crippen LogP contribution in [0.3, 0.4) is 0 Å². The molecule has 0 bridgehead atoms. The maximum absolute atomic E-state index is 12.2. The Balaban J connectivity index is 0.000000132. The van der Waals surface area contributed by atoms with Crippen molar-refractivity contribution in [2.24, 2.45) is 0 Å². The first-order chi connectivity index (χ1) is 49.5. The summed E-state index contributed by atoms with van der Waals surface area (Å²) in [6, 6.07) is 78.6. The van der Waals surface area contributed by atoms with Gasteiger partial charge in [-0.2, -0.15) is 0 Å². The van der Waals surface area contributed by atoms with Crippen molar-refractivity contribution in [2.45, 2.75) is 52.7 Å². The highest BCUT2D eigenvalue weighted by Gasteiger charge is 2.27. The predicted molar refractivity (Wildman–Crippen MR) is 427 cm³/mol. The summed E-state index contributed by atoms with van der Waals surface area (Å²) >= 11 is 14.4. The molecule has 16 aromatic rings. The molecular formula is C80H75B2Cl2IN8O10. The average Bonchev–Trinajstić information content (AvgIpc) is 1.67. The number of hydrogen-bond acceptors (Lipinski definition) is 12. The Hall–Kier alpha value is -10.3. The van der Waals surface area contributed by atoms with E-state index in [0.717, 1.165) is 85.9 Å². The summed E-state index contributed by atoms with van der Waals surface area (Å²) in [5.74, 6) is 0. The van der Waals surface area contributed by atoms with Crippen LogP contribution in [0.4, 0.5) is 9.59 Å². The van der Waals surface area contributed by atoms with Gasteiger partial charge in [-0.1, -0.05) is 169 Å². The van der Waals surface area contributed by atoms with Crippen molar-refractivity contribution in [1.29, 1.82) is 0 Å². The SMILES string of the molecule is CC(C)(C)OC(=O)n1c(B(O)O)cc2ccccc21.CC(C)(C)OC(=O)n1ccc2ccccc21.COB(OC)OC.Clc1nc2ccccc2cc1-c1cc2ccccc2[nH]1.Clc1nc2ccccc2cc1I.O=c1[nH]c2ccccc2cc1-c1cc2ccccc2[nH]1.c1ccc2[nH]ccc2c1. The molecule has 0 fully saturated rings. The number of aromatic amines is 4. The molecule has 16 rings (SSSR count). The van der Waals surface area contributed by atoms with Crippen LogP contribution in [0.1, 0.15) is 41.5 Å². The van der Waals surface area contributed by atoms with Crippen molar-refractivity contribution in [3.8, 4) is 22.5 Å². The molecule has 0 aliphatic rings. The molecule has 8 heterocycles. The lowest BCUT2D eigenvalue weighted by atomic mass is 9.86. The second kappa shape index (κ2) is 34.6. The molecule has 0 saturated carbocycles. The molecule has 6 N–H and O–H groups in total. The Bertz CT molecular complexity index is 5480. The number of fused-ring (bicyclic) bond motifs is 8. The number of nitrogens with one attached hydrogen (secondary N) is 4. The van der Waals surface area contributed by atoms with Gasteiger partial charge in [-0.3, -0.25) is 13.9 Å². The Labute approximate surface area is 619 Å². The van der Waals surface area contributed by atoms with Gasteiger partial charge < -0.3 is 53.4 Å². The first-order valence-electron chi connectivity index (χ1n) is 32.6. The van der Waals surface area contributed by atoms with Gasteiger partial charge in [0.15, 0.2) is 0 Å². The van der Waals surface area contributed by atoms with E-state index in [1.54, 1.807) is 51.2 Å². The number of para-hydroxylation sites is 8. The van der Waals surface area contributed by atoms with Gasteiger partial charge in [-0.05, 0) is 177 Å². The van der Waals surface area contributed by atoms with Gasteiger partial charge in [0.25, 0.3) is 5.56 Å². The summed E-state index contributed by atoms with van der Waals surface area (Å²) in [5.41, 5.74) is 9.86. The minimum Gasteiger partial charge on any atom is -0.443 e. The van der Waals surface area contributed by atoms with Crippen LogP contribution in [0.15, 0.2) is 260 Å². The zero-order valence-corrected chi connectivity index (χ0v) is 61.7. The van der Waals surface area contributed by atoms with Gasteiger partial charge in [0, 0.05) is 94.0 Å². The van der Waals surface area contributed by atoms with Crippen molar-refractivity contribution in [3.05, 3.63) is 279 Å². The number of hydrogen-bond donors (Lipinski definition) is 6. The Morgan fingerprint density at radius 2 is 0.883 bits per heavy atom. The molecular weight excluding hydrogens is 1450 g/mol. The van der Waals surface area contributed by atoms with Gasteiger partial charge in [-0.25, -0.2) is 19.6 Å². The van der Waals surface area contributed by atoms with Crippen LogP contribution < -0.4 is 11.2 Å². The molecule has 18 nitrogen and oxygen atoms in total. The molecule has 8 aromatic heterocycles. The van der Waals surface area contributed by atoms with Crippen LogP contribution in [0.5, 0.6) is 0 Å². The third-order valence-electron chi connectivity index (χ3n) is 15.5. The van der Waals surface area contributed by atoms with Crippen molar-refractivity contribution in [3.63, 3.8) is 0 Å². The third-order valence-corrected chi connectivity index (χ3v) is 17.2. The normalized spacial score (nSPS) is 11.0. The van der Waals surface area contributed by atoms with Crippen LogP contribution in [-0.2, 0) is 23.4 Å². The topological polar surface area (TPSA) is 237 Å². The van der Waals surface area contributed by atoms with Crippen LogP contribution in [0.25, 0.3) is 110 Å². The van der Waals surface area contributed by atoms with E-state index in [-0.39, 0.29) is 17.2 Å². The molecule has 8 aromatic carbocycles. The Morgan fingerprint density at radius 1 is 0.456 bits per heavy atom. The molecule has 0 aliphatic heterocycles. The summed E-state index contributed by atoms with van der Waals surface area (Å²) in [4.78, 5) is 57.7. The van der Waals surface area contributed by atoms with Crippen LogP contribution in [-0.4, -0.2) is 108 Å². The van der Waals surface area contributed by atoms with Gasteiger partial charge >= 0.3 is 26.6 Å². The number of carbonyl (C=O) groups excluding carboxylic acids is 2. The predicted octanol–water partition coefficient (Wildman–Crippen LogP) is 18.8. The smallest absolute Gasteiger partial charge is 0.443 e. The van der Waals surface area contributed by atoms with Crippen molar-refractivity contribution < 1.29 is 43.1 Å². The monoisotopic (exact) mass is 1530 g/mol. The fourth-order valence-electron chi connectivity index (χ4n) is 10.8. The van der Waals surface area contributed by atoms with Gasteiger partial charge in [0.2, 0.25) is 0 Å². The highest BCUT2D eigenvalue weighted by molar-refractivity contribution is 14.1. The van der Waals surface area contributed by atoms with E-state index in [2.05, 4.69) is 109 Å². The van der Waals surface area contributed by atoms with E-state index in [1.165, 1.54) is 46.8 Å². The van der Waals surface area contributed by atoms with E-state index < -0.39 is 31.7 Å². The average molecular weight is 1530 g/mol. The number of H-pyrrole nitrogens is 4. The zero-order chi connectivity index (χ0) is 73.4. The van der Waals surface area contributed by atoms with Gasteiger partial charge in [0.05, 0.1) is 42.5 Å². The molecule has 522 valence electrons. The summed E-state index contributed by atoms with van der Waals surface area (Å²) in [5, 5.41) is 28.4. The maximum atomic E-state index is 12.2. The number of benzene rings is 8. The molecule has 0 spiro atoms. The highest BCUT2D eigenvalue weighted by atomic mass is 127. The summed E-state index contributed by atoms with van der Waals surface area (Å²) < 4.78 is 28.1. The molecule has 0 aliphatic carbocycles. The standard InChI is InChI=1S/C17H11ClN2.C17H12N2O.C13H16BNO4.C13H15NO2.C9H5ClIN.C8H7N.C3H9BO3/c18-17-13(9-11-5-1-4-8-15(11)20-17)16-10-12-6-2-3-7-14(12)19-16;20-17-13(9-11-5-1-4-8-15(11)19-17)16-10-12-6-2-3-7-14(12)18-16;1-13(2,3)19-12(16)15-10-7-5-4-6-9(10)8-11(15)14(17)18;1-13(2,3)16-12(15)14-9-8-10-6-4-5-7-11(10)14;10-9-7(11)5-6-3-1-2-4-8(6)12-9;1-2-4-8-7(3-1)5-6-9-8;1-5-4(6-2)7-3/h1-10,19H;1-10,18H,(H,19,20);4-8,17-18H,1-3H3;4-9H,1-3H3;1-5H;1-6,9H;1-3H3. The van der Waals surface area contributed by atoms with E-state index in [1.807, 2.05) is 203 Å². The quantitative estimate of drug-likeness (QED) is 0.0518. The van der Waals surface area contributed by atoms with E-state index in [0.29, 0.717) is 21.4 Å². The summed E-state index contributed by atoms with van der Waals surface area (Å²) in [6.45, 7) is 10.8. The minimum absolute atomic E-state index is 0.0738. The molecule has 0 unspecified atom stereocenters. The van der Waals surface area contributed by atoms with E-state index >= 15 is 0 Å².